The van der Waals surface area contributed by atoms with E-state index in [-0.39, 0.29) is 24.2 Å². The van der Waals surface area contributed by atoms with Gasteiger partial charge < -0.3 is 24.8 Å². The number of halogens is 1. The molecule has 0 aliphatic carbocycles. The third-order valence-corrected chi connectivity index (χ3v) is 4.62. The normalized spacial score (nSPS) is 15.8. The minimum Gasteiger partial charge on any atom is -0.493 e. The molecule has 0 radical (unpaired) electrons. The van der Waals surface area contributed by atoms with Crippen molar-refractivity contribution >= 4 is 18.3 Å². The third kappa shape index (κ3) is 5.41. The third-order valence-electron chi connectivity index (χ3n) is 4.62. The van der Waals surface area contributed by atoms with Gasteiger partial charge in [0.2, 0.25) is 11.7 Å². The molecule has 0 saturated carbocycles. The van der Waals surface area contributed by atoms with Gasteiger partial charge in [-0.1, -0.05) is 6.42 Å². The zero-order chi connectivity index (χ0) is 17.5. The summed E-state index contributed by atoms with van der Waals surface area (Å²) >= 11 is 0. The average molecular weight is 373 g/mol. The van der Waals surface area contributed by atoms with Crippen LogP contribution in [-0.2, 0) is 4.79 Å². The standard InChI is InChI=1S/C18H28N2O4.ClH/c1-22-15-11-13(12-16(23-2)17(15)24-3)14(18(19)21)7-10-20-8-5-4-6-9-20;/h11-12,14H,4-10H2,1-3H3,(H2,19,21);1H. The van der Waals surface area contributed by atoms with Crippen LogP contribution in [0, 0.1) is 0 Å². The van der Waals surface area contributed by atoms with E-state index in [0.29, 0.717) is 23.7 Å². The van der Waals surface area contributed by atoms with Crippen LogP contribution in [0.5, 0.6) is 17.2 Å². The summed E-state index contributed by atoms with van der Waals surface area (Å²) in [4.78, 5) is 14.4. The Balaban J connectivity index is 0.00000312. The molecule has 2 rings (SSSR count). The number of piperidine rings is 1. The van der Waals surface area contributed by atoms with Crippen molar-refractivity contribution in [1.82, 2.24) is 4.90 Å². The van der Waals surface area contributed by atoms with E-state index < -0.39 is 0 Å². The molecule has 1 aromatic rings. The Hall–Kier alpha value is -1.66. The van der Waals surface area contributed by atoms with E-state index in [1.807, 2.05) is 12.1 Å². The monoisotopic (exact) mass is 372 g/mol. The lowest BCUT2D eigenvalue weighted by atomic mass is 9.93. The van der Waals surface area contributed by atoms with Gasteiger partial charge in [-0.2, -0.15) is 0 Å². The number of hydrogen-bond acceptors (Lipinski definition) is 5. The molecule has 1 heterocycles. The van der Waals surface area contributed by atoms with Crippen molar-refractivity contribution < 1.29 is 19.0 Å². The number of carbonyl (C=O) groups excluding carboxylic acids is 1. The number of methoxy groups -OCH3 is 3. The van der Waals surface area contributed by atoms with Gasteiger partial charge in [-0.25, -0.2) is 0 Å². The fourth-order valence-corrected chi connectivity index (χ4v) is 3.27. The molecule has 1 saturated heterocycles. The van der Waals surface area contributed by atoms with Crippen LogP contribution in [0.25, 0.3) is 0 Å². The molecule has 6 nitrogen and oxygen atoms in total. The molecular weight excluding hydrogens is 344 g/mol. The van der Waals surface area contributed by atoms with Crippen molar-refractivity contribution in [2.24, 2.45) is 5.73 Å². The van der Waals surface area contributed by atoms with E-state index in [0.717, 1.165) is 25.2 Å². The fraction of sp³-hybridized carbons (Fsp3) is 0.611. The van der Waals surface area contributed by atoms with Gasteiger partial charge in [0.1, 0.15) is 0 Å². The maximum atomic E-state index is 12.0. The van der Waals surface area contributed by atoms with Crippen molar-refractivity contribution in [1.29, 1.82) is 0 Å². The molecule has 1 aliphatic rings. The average Bonchev–Trinajstić information content (AvgIpc) is 2.61. The Bertz CT molecular complexity index is 537. The van der Waals surface area contributed by atoms with Crippen molar-refractivity contribution in [2.45, 2.75) is 31.6 Å². The number of nitrogens with zero attached hydrogens (tertiary/aromatic N) is 1. The number of benzene rings is 1. The number of primary amides is 1. The Morgan fingerprint density at radius 2 is 1.64 bits per heavy atom. The number of rotatable bonds is 8. The van der Waals surface area contributed by atoms with Crippen LogP contribution in [0.4, 0.5) is 0 Å². The molecule has 0 spiro atoms. The lowest BCUT2D eigenvalue weighted by Crippen LogP contribution is -2.33. The first-order valence-electron chi connectivity index (χ1n) is 8.42. The molecule has 0 aromatic heterocycles. The van der Waals surface area contributed by atoms with E-state index in [1.165, 1.54) is 19.3 Å². The van der Waals surface area contributed by atoms with Crippen LogP contribution in [0.1, 0.15) is 37.2 Å². The predicted molar refractivity (Wildman–Crippen MR) is 100 cm³/mol. The number of carbonyl (C=O) groups is 1. The van der Waals surface area contributed by atoms with Gasteiger partial charge in [0.15, 0.2) is 11.5 Å². The molecular formula is C18H29ClN2O4. The van der Waals surface area contributed by atoms with Crippen LogP contribution in [-0.4, -0.2) is 51.8 Å². The van der Waals surface area contributed by atoms with Crippen molar-refractivity contribution in [3.8, 4) is 17.2 Å². The number of amides is 1. The van der Waals surface area contributed by atoms with E-state index in [9.17, 15) is 4.79 Å². The molecule has 2 N–H and O–H groups in total. The topological polar surface area (TPSA) is 74.0 Å². The van der Waals surface area contributed by atoms with Crippen molar-refractivity contribution in [2.75, 3.05) is 41.0 Å². The summed E-state index contributed by atoms with van der Waals surface area (Å²) < 4.78 is 16.1. The highest BCUT2D eigenvalue weighted by Gasteiger charge is 2.23. The summed E-state index contributed by atoms with van der Waals surface area (Å²) in [7, 11) is 4.68. The van der Waals surface area contributed by atoms with Crippen LogP contribution in [0.3, 0.4) is 0 Å². The number of hydrogen-bond donors (Lipinski definition) is 1. The summed E-state index contributed by atoms with van der Waals surface area (Å²) in [5, 5.41) is 0. The van der Waals surface area contributed by atoms with Gasteiger partial charge in [0, 0.05) is 0 Å². The largest absolute Gasteiger partial charge is 0.493 e. The van der Waals surface area contributed by atoms with Gasteiger partial charge in [-0.3, -0.25) is 4.79 Å². The molecule has 0 bridgehead atoms. The molecule has 142 valence electrons. The maximum absolute atomic E-state index is 12.0. The zero-order valence-electron chi connectivity index (χ0n) is 15.2. The zero-order valence-corrected chi connectivity index (χ0v) is 16.1. The highest BCUT2D eigenvalue weighted by molar-refractivity contribution is 5.85. The Morgan fingerprint density at radius 1 is 1.08 bits per heavy atom. The second-order valence-electron chi connectivity index (χ2n) is 6.10. The first kappa shape index (κ1) is 21.4. The minimum absolute atomic E-state index is 0. The second kappa shape index (κ2) is 10.4. The Labute approximate surface area is 156 Å². The number of ether oxygens (including phenoxy) is 3. The summed E-state index contributed by atoms with van der Waals surface area (Å²) in [6, 6.07) is 3.62. The van der Waals surface area contributed by atoms with Gasteiger partial charge in [-0.05, 0) is 56.6 Å². The molecule has 1 amide bonds. The van der Waals surface area contributed by atoms with Crippen molar-refractivity contribution in [3.63, 3.8) is 0 Å². The van der Waals surface area contributed by atoms with Crippen molar-refractivity contribution in [3.05, 3.63) is 17.7 Å². The Kier molecular flexibility index (Phi) is 8.86. The minimum atomic E-state index is -0.374. The van der Waals surface area contributed by atoms with Crippen LogP contribution in [0.15, 0.2) is 12.1 Å². The van der Waals surface area contributed by atoms with Gasteiger partial charge >= 0.3 is 0 Å². The molecule has 1 atom stereocenters. The van der Waals surface area contributed by atoms with Crippen LogP contribution >= 0.6 is 12.4 Å². The Morgan fingerprint density at radius 3 is 2.08 bits per heavy atom. The predicted octanol–water partition coefficient (Wildman–Crippen LogP) is 2.58. The lowest BCUT2D eigenvalue weighted by molar-refractivity contribution is -0.119. The molecule has 1 unspecified atom stereocenters. The lowest BCUT2D eigenvalue weighted by Gasteiger charge is -2.28. The first-order chi connectivity index (χ1) is 11.6. The molecule has 25 heavy (non-hydrogen) atoms. The smallest absolute Gasteiger partial charge is 0.225 e. The SMILES string of the molecule is COc1cc(C(CCN2CCCCC2)C(N)=O)cc(OC)c1OC.Cl. The second-order valence-corrected chi connectivity index (χ2v) is 6.10. The first-order valence-corrected chi connectivity index (χ1v) is 8.42. The number of likely N-dealkylation sites (tertiary alicyclic amines) is 1. The van der Waals surface area contributed by atoms with Gasteiger partial charge in [-0.15, -0.1) is 12.4 Å². The highest BCUT2D eigenvalue weighted by Crippen LogP contribution is 2.40. The molecule has 1 aliphatic heterocycles. The van der Waals surface area contributed by atoms with E-state index in [2.05, 4.69) is 4.90 Å². The molecule has 7 heteroatoms. The summed E-state index contributed by atoms with van der Waals surface area (Å²) in [6.07, 6.45) is 4.44. The summed E-state index contributed by atoms with van der Waals surface area (Å²) in [6.45, 7) is 3.06. The summed E-state index contributed by atoms with van der Waals surface area (Å²) in [5.41, 5.74) is 6.47. The van der Waals surface area contributed by atoms with Gasteiger partial charge in [0.25, 0.3) is 0 Å². The number of nitrogens with two attached hydrogens (primary N) is 1. The van der Waals surface area contributed by atoms with E-state index >= 15 is 0 Å². The summed E-state index contributed by atoms with van der Waals surface area (Å²) in [5.74, 6) is 0.886. The fourth-order valence-electron chi connectivity index (χ4n) is 3.27. The highest BCUT2D eigenvalue weighted by atomic mass is 35.5. The maximum Gasteiger partial charge on any atom is 0.225 e. The quantitative estimate of drug-likeness (QED) is 0.759. The van der Waals surface area contributed by atoms with E-state index in [1.54, 1.807) is 21.3 Å². The van der Waals surface area contributed by atoms with E-state index in [4.69, 9.17) is 19.9 Å². The van der Waals surface area contributed by atoms with Crippen LogP contribution in [0.2, 0.25) is 0 Å². The van der Waals surface area contributed by atoms with Gasteiger partial charge in [0.05, 0.1) is 27.2 Å². The molecule has 1 aromatic carbocycles. The van der Waals surface area contributed by atoms with Crippen LogP contribution < -0.4 is 19.9 Å². The molecule has 1 fully saturated rings.